The number of nitrogens with one attached hydrogen (secondary N) is 2. The van der Waals surface area contributed by atoms with Crippen LogP contribution in [0.2, 0.25) is 5.02 Å². The number of carbonyl (C=O) groups is 1. The lowest BCUT2D eigenvalue weighted by Crippen LogP contribution is -2.13. The highest BCUT2D eigenvalue weighted by Gasteiger charge is 2.20. The molecule has 0 saturated carbocycles. The lowest BCUT2D eigenvalue weighted by atomic mass is 10.1. The standard InChI is InChI=1S/C23H16ClN3O2/c1-13-16-12-14(24)10-11-20(16)29-21(13)23(28)27-17-7-3-2-6-15(17)22-25-18-8-4-5-9-19(18)26-22/h2-12H,1H3,(H,25,26)(H,27,28). The fourth-order valence-corrected chi connectivity index (χ4v) is 3.64. The molecule has 29 heavy (non-hydrogen) atoms. The highest BCUT2D eigenvalue weighted by atomic mass is 35.5. The predicted molar refractivity (Wildman–Crippen MR) is 115 cm³/mol. The number of imidazole rings is 1. The Morgan fingerprint density at radius 3 is 2.72 bits per heavy atom. The van der Waals surface area contributed by atoms with Gasteiger partial charge in [-0.05, 0) is 49.4 Å². The van der Waals surface area contributed by atoms with E-state index in [0.717, 1.165) is 27.5 Å². The summed E-state index contributed by atoms with van der Waals surface area (Å²) >= 11 is 6.08. The summed E-state index contributed by atoms with van der Waals surface area (Å²) < 4.78 is 5.79. The van der Waals surface area contributed by atoms with Crippen molar-refractivity contribution in [2.24, 2.45) is 0 Å². The Labute approximate surface area is 171 Å². The first-order chi connectivity index (χ1) is 14.1. The van der Waals surface area contributed by atoms with Gasteiger partial charge in [0.05, 0.1) is 16.7 Å². The van der Waals surface area contributed by atoms with Crippen LogP contribution in [-0.4, -0.2) is 15.9 Å². The second-order valence-electron chi connectivity index (χ2n) is 6.80. The second kappa shape index (κ2) is 6.79. The Morgan fingerprint density at radius 2 is 1.86 bits per heavy atom. The zero-order valence-corrected chi connectivity index (χ0v) is 16.2. The molecule has 1 amide bonds. The van der Waals surface area contributed by atoms with Crippen LogP contribution in [0, 0.1) is 6.92 Å². The van der Waals surface area contributed by atoms with Crippen LogP contribution < -0.4 is 5.32 Å². The molecule has 0 atom stereocenters. The molecular formula is C23H16ClN3O2. The first kappa shape index (κ1) is 17.5. The number of para-hydroxylation sites is 3. The minimum absolute atomic E-state index is 0.265. The van der Waals surface area contributed by atoms with Gasteiger partial charge in [0.2, 0.25) is 0 Å². The maximum Gasteiger partial charge on any atom is 0.291 e. The Balaban J connectivity index is 1.53. The highest BCUT2D eigenvalue weighted by molar-refractivity contribution is 6.31. The van der Waals surface area contributed by atoms with Crippen LogP contribution in [0.1, 0.15) is 16.1 Å². The number of aryl methyl sites for hydroxylation is 1. The van der Waals surface area contributed by atoms with Gasteiger partial charge in [-0.15, -0.1) is 0 Å². The van der Waals surface area contributed by atoms with Gasteiger partial charge in [0.1, 0.15) is 11.4 Å². The second-order valence-corrected chi connectivity index (χ2v) is 7.24. The molecule has 2 aromatic heterocycles. The summed E-state index contributed by atoms with van der Waals surface area (Å²) in [6.45, 7) is 1.85. The number of hydrogen-bond donors (Lipinski definition) is 2. The maximum atomic E-state index is 13.0. The van der Waals surface area contributed by atoms with Crippen molar-refractivity contribution >= 4 is 45.2 Å². The van der Waals surface area contributed by atoms with Crippen molar-refractivity contribution < 1.29 is 9.21 Å². The van der Waals surface area contributed by atoms with Crippen LogP contribution in [0.15, 0.2) is 71.1 Å². The van der Waals surface area contributed by atoms with Crippen LogP contribution in [0.4, 0.5) is 5.69 Å². The molecule has 0 unspecified atom stereocenters. The maximum absolute atomic E-state index is 13.0. The number of amides is 1. The molecule has 5 aromatic rings. The largest absolute Gasteiger partial charge is 0.451 e. The van der Waals surface area contributed by atoms with E-state index in [1.165, 1.54) is 0 Å². The summed E-state index contributed by atoms with van der Waals surface area (Å²) in [5, 5.41) is 4.39. The van der Waals surface area contributed by atoms with Gasteiger partial charge in [0.15, 0.2) is 5.76 Å². The van der Waals surface area contributed by atoms with Crippen molar-refractivity contribution in [2.45, 2.75) is 6.92 Å². The van der Waals surface area contributed by atoms with E-state index in [-0.39, 0.29) is 11.7 Å². The molecule has 0 aliphatic rings. The van der Waals surface area contributed by atoms with Crippen LogP contribution in [0.3, 0.4) is 0 Å². The number of H-pyrrole nitrogens is 1. The van der Waals surface area contributed by atoms with Crippen molar-refractivity contribution in [1.29, 1.82) is 0 Å². The monoisotopic (exact) mass is 401 g/mol. The van der Waals surface area contributed by atoms with Crippen molar-refractivity contribution in [3.63, 3.8) is 0 Å². The van der Waals surface area contributed by atoms with Crippen LogP contribution >= 0.6 is 11.6 Å². The molecule has 0 saturated heterocycles. The number of hydrogen-bond acceptors (Lipinski definition) is 3. The Kier molecular flexibility index (Phi) is 4.11. The molecule has 2 N–H and O–H groups in total. The zero-order valence-electron chi connectivity index (χ0n) is 15.5. The summed E-state index contributed by atoms with van der Waals surface area (Å²) in [6, 6.07) is 20.7. The summed E-state index contributed by atoms with van der Waals surface area (Å²) in [4.78, 5) is 20.9. The molecule has 0 aliphatic carbocycles. The Morgan fingerprint density at radius 1 is 1.07 bits per heavy atom. The van der Waals surface area contributed by atoms with Crippen molar-refractivity contribution in [3.8, 4) is 11.4 Å². The first-order valence-electron chi connectivity index (χ1n) is 9.14. The van der Waals surface area contributed by atoms with Crippen LogP contribution in [-0.2, 0) is 0 Å². The molecule has 5 nitrogen and oxygen atoms in total. The summed E-state index contributed by atoms with van der Waals surface area (Å²) in [5.74, 6) is 0.635. The fraction of sp³-hybridized carbons (Fsp3) is 0.0435. The molecule has 142 valence electrons. The first-order valence-corrected chi connectivity index (χ1v) is 9.52. The number of anilines is 1. The smallest absolute Gasteiger partial charge is 0.291 e. The minimum atomic E-state index is -0.321. The summed E-state index contributed by atoms with van der Waals surface area (Å²) in [7, 11) is 0. The third-order valence-corrected chi connectivity index (χ3v) is 5.16. The molecule has 0 spiro atoms. The predicted octanol–water partition coefficient (Wildman–Crippen LogP) is 6.19. The number of nitrogens with zero attached hydrogens (tertiary/aromatic N) is 1. The normalized spacial score (nSPS) is 11.2. The van der Waals surface area contributed by atoms with Gasteiger partial charge in [-0.2, -0.15) is 0 Å². The SMILES string of the molecule is Cc1c(C(=O)Nc2ccccc2-c2nc3ccccc3[nH]2)oc2ccc(Cl)cc12. The lowest BCUT2D eigenvalue weighted by molar-refractivity contribution is 0.0998. The lowest BCUT2D eigenvalue weighted by Gasteiger charge is -2.08. The van der Waals surface area contributed by atoms with Crippen molar-refractivity contribution in [3.05, 3.63) is 83.1 Å². The van der Waals surface area contributed by atoms with E-state index in [2.05, 4.69) is 15.3 Å². The molecular weight excluding hydrogens is 386 g/mol. The third kappa shape index (κ3) is 3.05. The van der Waals surface area contributed by atoms with Gasteiger partial charge < -0.3 is 14.7 Å². The molecule has 2 heterocycles. The third-order valence-electron chi connectivity index (χ3n) is 4.92. The van der Waals surface area contributed by atoms with Gasteiger partial charge in [-0.3, -0.25) is 4.79 Å². The van der Waals surface area contributed by atoms with Gasteiger partial charge in [0.25, 0.3) is 5.91 Å². The number of carbonyl (C=O) groups excluding carboxylic acids is 1. The number of aromatic amines is 1. The summed E-state index contributed by atoms with van der Waals surface area (Å²) in [6.07, 6.45) is 0. The molecule has 0 aliphatic heterocycles. The van der Waals surface area contributed by atoms with E-state index < -0.39 is 0 Å². The Bertz CT molecular complexity index is 1350. The van der Waals surface area contributed by atoms with Crippen LogP contribution in [0.25, 0.3) is 33.4 Å². The van der Waals surface area contributed by atoms with Gasteiger partial charge in [0, 0.05) is 21.5 Å². The number of rotatable bonds is 3. The quantitative estimate of drug-likeness (QED) is 0.378. The van der Waals surface area contributed by atoms with E-state index in [4.69, 9.17) is 16.0 Å². The Hall–Kier alpha value is -3.57. The van der Waals surface area contributed by atoms with E-state index in [0.29, 0.717) is 22.1 Å². The highest BCUT2D eigenvalue weighted by Crippen LogP contribution is 2.31. The average molecular weight is 402 g/mol. The summed E-state index contributed by atoms with van der Waals surface area (Å²) in [5.41, 5.74) is 4.63. The van der Waals surface area contributed by atoms with E-state index in [1.54, 1.807) is 18.2 Å². The molecule has 0 fully saturated rings. The van der Waals surface area contributed by atoms with E-state index >= 15 is 0 Å². The van der Waals surface area contributed by atoms with E-state index in [9.17, 15) is 4.79 Å². The number of halogens is 1. The number of fused-ring (bicyclic) bond motifs is 2. The molecule has 0 radical (unpaired) electrons. The van der Waals surface area contributed by atoms with E-state index in [1.807, 2.05) is 55.5 Å². The number of aromatic nitrogens is 2. The number of benzene rings is 3. The topological polar surface area (TPSA) is 70.9 Å². The average Bonchev–Trinajstić information content (AvgIpc) is 3.30. The van der Waals surface area contributed by atoms with Gasteiger partial charge in [-0.25, -0.2) is 4.98 Å². The molecule has 6 heteroatoms. The zero-order chi connectivity index (χ0) is 20.0. The fourth-order valence-electron chi connectivity index (χ4n) is 3.47. The number of furan rings is 1. The molecule has 3 aromatic carbocycles. The van der Waals surface area contributed by atoms with Crippen molar-refractivity contribution in [2.75, 3.05) is 5.32 Å². The molecule has 0 bridgehead atoms. The van der Waals surface area contributed by atoms with Crippen LogP contribution in [0.5, 0.6) is 0 Å². The van der Waals surface area contributed by atoms with Gasteiger partial charge in [-0.1, -0.05) is 35.9 Å². The van der Waals surface area contributed by atoms with Gasteiger partial charge >= 0.3 is 0 Å². The minimum Gasteiger partial charge on any atom is -0.451 e. The molecule has 5 rings (SSSR count). The van der Waals surface area contributed by atoms with Crippen molar-refractivity contribution in [1.82, 2.24) is 9.97 Å².